The molecule has 0 aliphatic heterocycles. The molecule has 2 N–H and O–H groups in total. The number of nitrogens with two attached hydrogens (primary N) is 1. The Morgan fingerprint density at radius 1 is 1.05 bits per heavy atom. The van der Waals surface area contributed by atoms with Crippen molar-refractivity contribution in [2.24, 2.45) is 5.73 Å². The summed E-state index contributed by atoms with van der Waals surface area (Å²) in [6.45, 7) is -2.84. The zero-order chi connectivity index (χ0) is 15.4. The molecule has 21 heavy (non-hydrogen) atoms. The summed E-state index contributed by atoms with van der Waals surface area (Å²) in [6, 6.07) is 11.1. The average molecular weight is 332 g/mol. The molecular weight excluding hydrogens is 319 g/mol. The van der Waals surface area contributed by atoms with Crippen LogP contribution in [0.5, 0.6) is 5.75 Å². The van der Waals surface area contributed by atoms with Gasteiger partial charge in [-0.05, 0) is 47.9 Å². The Balaban J connectivity index is 2.09. The highest BCUT2D eigenvalue weighted by atomic mass is 35.5. The highest BCUT2D eigenvalue weighted by Crippen LogP contribution is 2.26. The first kappa shape index (κ1) is 16.0. The average Bonchev–Trinajstić information content (AvgIpc) is 2.43. The largest absolute Gasteiger partial charge is 0.435 e. The molecule has 112 valence electrons. The molecule has 0 aliphatic rings. The standard InChI is InChI=1S/C15H13Cl2F2NO/c16-11-3-6-13(17)10(7-11)8-14(20)9-1-4-12(5-2-9)21-15(18)19/h1-7,14-15H,8,20H2. The van der Waals surface area contributed by atoms with Crippen LogP contribution < -0.4 is 10.5 Å². The van der Waals surface area contributed by atoms with Gasteiger partial charge in [-0.3, -0.25) is 0 Å². The first-order chi connectivity index (χ1) is 9.95. The van der Waals surface area contributed by atoms with Crippen molar-refractivity contribution in [1.29, 1.82) is 0 Å². The molecule has 0 saturated heterocycles. The molecule has 2 aromatic carbocycles. The summed E-state index contributed by atoms with van der Waals surface area (Å²) < 4.78 is 28.4. The SMILES string of the molecule is NC(Cc1cc(Cl)ccc1Cl)c1ccc(OC(F)F)cc1. The molecule has 0 saturated carbocycles. The normalized spacial score (nSPS) is 12.5. The Hall–Kier alpha value is -1.36. The van der Waals surface area contributed by atoms with Gasteiger partial charge in [-0.2, -0.15) is 8.78 Å². The molecule has 2 aromatic rings. The maximum Gasteiger partial charge on any atom is 0.387 e. The summed E-state index contributed by atoms with van der Waals surface area (Å²) in [7, 11) is 0. The van der Waals surface area contributed by atoms with Gasteiger partial charge in [0, 0.05) is 16.1 Å². The molecule has 0 aromatic heterocycles. The lowest BCUT2D eigenvalue weighted by molar-refractivity contribution is -0.0498. The molecule has 1 atom stereocenters. The summed E-state index contributed by atoms with van der Waals surface area (Å²) in [4.78, 5) is 0. The monoisotopic (exact) mass is 331 g/mol. The van der Waals surface area contributed by atoms with Crippen LogP contribution >= 0.6 is 23.2 Å². The van der Waals surface area contributed by atoms with Crippen molar-refractivity contribution >= 4 is 23.2 Å². The molecule has 0 amide bonds. The van der Waals surface area contributed by atoms with Crippen molar-refractivity contribution in [3.05, 3.63) is 63.6 Å². The molecule has 2 nitrogen and oxygen atoms in total. The van der Waals surface area contributed by atoms with Gasteiger partial charge in [0.25, 0.3) is 0 Å². The van der Waals surface area contributed by atoms with Gasteiger partial charge in [0.1, 0.15) is 5.75 Å². The van der Waals surface area contributed by atoms with Crippen molar-refractivity contribution < 1.29 is 13.5 Å². The van der Waals surface area contributed by atoms with Gasteiger partial charge in [-0.25, -0.2) is 0 Å². The highest BCUT2D eigenvalue weighted by Gasteiger charge is 2.11. The minimum absolute atomic E-state index is 0.0988. The van der Waals surface area contributed by atoms with Crippen LogP contribution in [0.4, 0.5) is 8.78 Å². The van der Waals surface area contributed by atoms with E-state index in [2.05, 4.69) is 4.74 Å². The second-order valence-corrected chi connectivity index (χ2v) is 5.34. The minimum atomic E-state index is -2.84. The maximum absolute atomic E-state index is 12.1. The number of halogens is 4. The van der Waals surface area contributed by atoms with E-state index in [-0.39, 0.29) is 11.8 Å². The number of hydrogen-bond donors (Lipinski definition) is 1. The summed E-state index contributed by atoms with van der Waals surface area (Å²) >= 11 is 12.0. The zero-order valence-electron chi connectivity index (χ0n) is 10.9. The van der Waals surface area contributed by atoms with Gasteiger partial charge in [-0.1, -0.05) is 35.3 Å². The van der Waals surface area contributed by atoms with Gasteiger partial charge in [0.2, 0.25) is 0 Å². The van der Waals surface area contributed by atoms with E-state index >= 15 is 0 Å². The molecule has 1 unspecified atom stereocenters. The number of alkyl halides is 2. The Morgan fingerprint density at radius 2 is 1.71 bits per heavy atom. The topological polar surface area (TPSA) is 35.2 Å². The lowest BCUT2D eigenvalue weighted by atomic mass is 9.99. The third-order valence-electron chi connectivity index (χ3n) is 2.98. The summed E-state index contributed by atoms with van der Waals surface area (Å²) in [6.07, 6.45) is 0.494. The van der Waals surface area contributed by atoms with E-state index in [9.17, 15) is 8.78 Å². The Bertz CT molecular complexity index is 605. The lowest BCUT2D eigenvalue weighted by Crippen LogP contribution is -2.13. The molecule has 0 radical (unpaired) electrons. The summed E-state index contributed by atoms with van der Waals surface area (Å²) in [5.41, 5.74) is 7.74. The van der Waals surface area contributed by atoms with Gasteiger partial charge < -0.3 is 10.5 Å². The van der Waals surface area contributed by atoms with E-state index < -0.39 is 6.61 Å². The summed E-state index contributed by atoms with van der Waals surface area (Å²) in [5, 5.41) is 1.18. The van der Waals surface area contributed by atoms with Crippen LogP contribution in [0.25, 0.3) is 0 Å². The van der Waals surface area contributed by atoms with Crippen LogP contribution in [0.3, 0.4) is 0 Å². The molecule has 0 spiro atoms. The lowest BCUT2D eigenvalue weighted by Gasteiger charge is -2.14. The van der Waals surface area contributed by atoms with Crippen LogP contribution in [0.1, 0.15) is 17.2 Å². The molecule has 0 fully saturated rings. The van der Waals surface area contributed by atoms with Crippen LogP contribution in [0.15, 0.2) is 42.5 Å². The number of rotatable bonds is 5. The fourth-order valence-corrected chi connectivity index (χ4v) is 2.34. The number of hydrogen-bond acceptors (Lipinski definition) is 2. The minimum Gasteiger partial charge on any atom is -0.435 e. The van der Waals surface area contributed by atoms with E-state index in [1.807, 2.05) is 0 Å². The first-order valence-electron chi connectivity index (χ1n) is 6.20. The highest BCUT2D eigenvalue weighted by molar-refractivity contribution is 6.33. The summed E-state index contributed by atoms with van der Waals surface area (Å²) in [5.74, 6) is 0.0988. The quantitative estimate of drug-likeness (QED) is 0.850. The Morgan fingerprint density at radius 3 is 2.33 bits per heavy atom. The zero-order valence-corrected chi connectivity index (χ0v) is 12.4. The third-order valence-corrected chi connectivity index (χ3v) is 3.58. The van der Waals surface area contributed by atoms with E-state index in [0.29, 0.717) is 16.5 Å². The predicted molar refractivity (Wildman–Crippen MR) is 80.2 cm³/mol. The van der Waals surface area contributed by atoms with Crippen LogP contribution in [0.2, 0.25) is 10.0 Å². The molecular formula is C15H13Cl2F2NO. The molecule has 0 heterocycles. The van der Waals surface area contributed by atoms with Crippen molar-refractivity contribution in [3.8, 4) is 5.75 Å². The second kappa shape index (κ2) is 7.07. The number of benzene rings is 2. The fourth-order valence-electron chi connectivity index (χ4n) is 1.95. The van der Waals surface area contributed by atoms with E-state index in [1.165, 1.54) is 12.1 Å². The third kappa shape index (κ3) is 4.56. The smallest absolute Gasteiger partial charge is 0.387 e. The van der Waals surface area contributed by atoms with E-state index in [1.54, 1.807) is 30.3 Å². The van der Waals surface area contributed by atoms with Crippen molar-refractivity contribution in [3.63, 3.8) is 0 Å². The van der Waals surface area contributed by atoms with Crippen molar-refractivity contribution in [2.45, 2.75) is 19.1 Å². The van der Waals surface area contributed by atoms with E-state index in [4.69, 9.17) is 28.9 Å². The van der Waals surface area contributed by atoms with Gasteiger partial charge in [-0.15, -0.1) is 0 Å². The van der Waals surface area contributed by atoms with Gasteiger partial charge >= 0.3 is 6.61 Å². The fraction of sp³-hybridized carbons (Fsp3) is 0.200. The maximum atomic E-state index is 12.1. The van der Waals surface area contributed by atoms with E-state index in [0.717, 1.165) is 11.1 Å². The molecule has 0 bridgehead atoms. The van der Waals surface area contributed by atoms with Crippen molar-refractivity contribution in [1.82, 2.24) is 0 Å². The van der Waals surface area contributed by atoms with Crippen molar-refractivity contribution in [2.75, 3.05) is 0 Å². The molecule has 2 rings (SSSR count). The van der Waals surface area contributed by atoms with Gasteiger partial charge in [0.05, 0.1) is 0 Å². The Kier molecular flexibility index (Phi) is 5.39. The number of ether oxygens (including phenoxy) is 1. The predicted octanol–water partition coefficient (Wildman–Crippen LogP) is 4.84. The first-order valence-corrected chi connectivity index (χ1v) is 6.95. The second-order valence-electron chi connectivity index (χ2n) is 4.49. The van der Waals surface area contributed by atoms with Crippen LogP contribution in [-0.2, 0) is 6.42 Å². The van der Waals surface area contributed by atoms with Gasteiger partial charge in [0.15, 0.2) is 0 Å². The van der Waals surface area contributed by atoms with Crippen LogP contribution in [-0.4, -0.2) is 6.61 Å². The van der Waals surface area contributed by atoms with Crippen LogP contribution in [0, 0.1) is 0 Å². The molecule has 0 aliphatic carbocycles. The Labute approximate surface area is 131 Å². The molecule has 6 heteroatoms.